The lowest BCUT2D eigenvalue weighted by molar-refractivity contribution is 0.155. The van der Waals surface area contributed by atoms with Crippen LogP contribution in [0.5, 0.6) is 5.75 Å². The zero-order valence-electron chi connectivity index (χ0n) is 8.02. The molecule has 1 aliphatic heterocycles. The standard InChI is InChI=1S/C9H11O4P/c1-7-3-4-9-8(5-7)6-12-14(10,11-2)13-9/h3-5H,6H2,1-2H3. The molecule has 1 aromatic carbocycles. The summed E-state index contributed by atoms with van der Waals surface area (Å²) in [6, 6.07) is 5.61. The van der Waals surface area contributed by atoms with Gasteiger partial charge in [-0.05, 0) is 13.0 Å². The number of phosphoric acid groups is 1. The Balaban J connectivity index is 2.36. The molecule has 2 rings (SSSR count). The van der Waals surface area contributed by atoms with E-state index >= 15 is 0 Å². The number of benzene rings is 1. The van der Waals surface area contributed by atoms with Crippen molar-refractivity contribution in [3.05, 3.63) is 29.3 Å². The first-order chi connectivity index (χ1) is 6.63. The van der Waals surface area contributed by atoms with Gasteiger partial charge in [0.2, 0.25) is 0 Å². The van der Waals surface area contributed by atoms with E-state index in [1.807, 2.05) is 19.1 Å². The molecule has 0 aromatic heterocycles. The predicted molar refractivity (Wildman–Crippen MR) is 51.2 cm³/mol. The highest BCUT2D eigenvalue weighted by Crippen LogP contribution is 2.53. The van der Waals surface area contributed by atoms with Crippen molar-refractivity contribution in [1.82, 2.24) is 0 Å². The van der Waals surface area contributed by atoms with Crippen LogP contribution in [0.15, 0.2) is 18.2 Å². The van der Waals surface area contributed by atoms with Crippen molar-refractivity contribution in [3.63, 3.8) is 0 Å². The molecular weight excluding hydrogens is 203 g/mol. The minimum Gasteiger partial charge on any atom is -0.404 e. The van der Waals surface area contributed by atoms with Crippen LogP contribution in [0.3, 0.4) is 0 Å². The lowest BCUT2D eigenvalue weighted by Gasteiger charge is -2.23. The maximum Gasteiger partial charge on any atom is 0.530 e. The lowest BCUT2D eigenvalue weighted by atomic mass is 10.1. The van der Waals surface area contributed by atoms with Crippen LogP contribution in [-0.4, -0.2) is 7.11 Å². The van der Waals surface area contributed by atoms with Crippen LogP contribution >= 0.6 is 7.82 Å². The summed E-state index contributed by atoms with van der Waals surface area (Å²) in [4.78, 5) is 0. The molecule has 1 aliphatic rings. The molecule has 1 aromatic rings. The van der Waals surface area contributed by atoms with Gasteiger partial charge in [-0.2, -0.15) is 0 Å². The van der Waals surface area contributed by atoms with Crippen LogP contribution in [0.1, 0.15) is 11.1 Å². The molecule has 0 radical (unpaired) electrons. The number of phosphoric ester groups is 1. The summed E-state index contributed by atoms with van der Waals surface area (Å²) in [6.45, 7) is 2.24. The van der Waals surface area contributed by atoms with Gasteiger partial charge in [-0.25, -0.2) is 4.57 Å². The SMILES string of the molecule is COP1(=O)OCc2cc(C)ccc2O1. The Labute approximate surface area is 82.4 Å². The second-order valence-corrected chi connectivity index (χ2v) is 4.81. The van der Waals surface area contributed by atoms with E-state index in [-0.39, 0.29) is 6.61 Å². The third-order valence-electron chi connectivity index (χ3n) is 2.03. The Bertz CT molecular complexity index is 402. The average molecular weight is 214 g/mol. The van der Waals surface area contributed by atoms with Gasteiger partial charge < -0.3 is 4.52 Å². The van der Waals surface area contributed by atoms with Gasteiger partial charge in [0.1, 0.15) is 5.75 Å². The second-order valence-electron chi connectivity index (χ2n) is 3.11. The fraction of sp³-hybridized carbons (Fsp3) is 0.333. The fourth-order valence-corrected chi connectivity index (χ4v) is 2.24. The van der Waals surface area contributed by atoms with E-state index in [0.29, 0.717) is 5.75 Å². The van der Waals surface area contributed by atoms with Gasteiger partial charge in [0.05, 0.1) is 6.61 Å². The van der Waals surface area contributed by atoms with Crippen molar-refractivity contribution >= 4 is 7.82 Å². The largest absolute Gasteiger partial charge is 0.530 e. The summed E-state index contributed by atoms with van der Waals surface area (Å²) in [6.07, 6.45) is 0. The summed E-state index contributed by atoms with van der Waals surface area (Å²) < 4.78 is 26.4. The van der Waals surface area contributed by atoms with Crippen LogP contribution in [-0.2, 0) is 20.2 Å². The minimum absolute atomic E-state index is 0.266. The number of rotatable bonds is 1. The van der Waals surface area contributed by atoms with Crippen LogP contribution < -0.4 is 4.52 Å². The Morgan fingerprint density at radius 1 is 1.50 bits per heavy atom. The Morgan fingerprint density at radius 2 is 2.29 bits per heavy atom. The quantitative estimate of drug-likeness (QED) is 0.674. The molecule has 0 saturated heterocycles. The Hall–Kier alpha value is -0.830. The van der Waals surface area contributed by atoms with E-state index < -0.39 is 7.82 Å². The second kappa shape index (κ2) is 3.39. The zero-order valence-corrected chi connectivity index (χ0v) is 8.91. The van der Waals surface area contributed by atoms with Gasteiger partial charge in [-0.1, -0.05) is 17.7 Å². The van der Waals surface area contributed by atoms with Gasteiger partial charge in [0.25, 0.3) is 0 Å². The lowest BCUT2D eigenvalue weighted by Crippen LogP contribution is -2.08. The zero-order chi connectivity index (χ0) is 10.2. The molecule has 0 aliphatic carbocycles. The summed E-state index contributed by atoms with van der Waals surface area (Å²) in [5.74, 6) is 0.576. The van der Waals surface area contributed by atoms with Crippen molar-refractivity contribution in [1.29, 1.82) is 0 Å². The van der Waals surface area contributed by atoms with Crippen molar-refractivity contribution in [2.24, 2.45) is 0 Å². The molecule has 1 heterocycles. The molecule has 0 N–H and O–H groups in total. The molecule has 0 saturated carbocycles. The number of hydrogen-bond donors (Lipinski definition) is 0. The molecule has 4 nitrogen and oxygen atoms in total. The molecule has 5 heteroatoms. The molecular formula is C9H11O4P. The molecule has 76 valence electrons. The van der Waals surface area contributed by atoms with Crippen molar-refractivity contribution in [2.45, 2.75) is 13.5 Å². The van der Waals surface area contributed by atoms with E-state index in [4.69, 9.17) is 9.05 Å². The van der Waals surface area contributed by atoms with Crippen LogP contribution in [0.25, 0.3) is 0 Å². The minimum atomic E-state index is -3.34. The maximum absolute atomic E-state index is 11.6. The van der Waals surface area contributed by atoms with E-state index in [2.05, 4.69) is 4.52 Å². The first kappa shape index (κ1) is 9.71. The molecule has 1 atom stereocenters. The van der Waals surface area contributed by atoms with E-state index in [0.717, 1.165) is 11.1 Å². The number of aryl methyl sites for hydroxylation is 1. The normalized spacial score (nSPS) is 25.3. The average Bonchev–Trinajstić information content (AvgIpc) is 2.19. The summed E-state index contributed by atoms with van der Waals surface area (Å²) >= 11 is 0. The van der Waals surface area contributed by atoms with E-state index in [1.165, 1.54) is 7.11 Å². The monoisotopic (exact) mass is 214 g/mol. The molecule has 14 heavy (non-hydrogen) atoms. The van der Waals surface area contributed by atoms with Gasteiger partial charge in [0, 0.05) is 12.7 Å². The predicted octanol–water partition coefficient (Wildman–Crippen LogP) is 2.66. The highest BCUT2D eigenvalue weighted by Gasteiger charge is 2.32. The van der Waals surface area contributed by atoms with E-state index in [1.54, 1.807) is 6.07 Å². The van der Waals surface area contributed by atoms with Crippen molar-refractivity contribution in [2.75, 3.05) is 7.11 Å². The van der Waals surface area contributed by atoms with Crippen LogP contribution in [0, 0.1) is 6.92 Å². The summed E-state index contributed by atoms with van der Waals surface area (Å²) in [7, 11) is -2.04. The Morgan fingerprint density at radius 3 is 3.00 bits per heavy atom. The third-order valence-corrected chi connectivity index (χ3v) is 3.34. The van der Waals surface area contributed by atoms with Crippen molar-refractivity contribution < 1.29 is 18.1 Å². The number of fused-ring (bicyclic) bond motifs is 1. The highest BCUT2D eigenvalue weighted by atomic mass is 31.2. The van der Waals surface area contributed by atoms with E-state index in [9.17, 15) is 4.57 Å². The van der Waals surface area contributed by atoms with Gasteiger partial charge in [-0.15, -0.1) is 0 Å². The molecule has 0 fully saturated rings. The van der Waals surface area contributed by atoms with Gasteiger partial charge in [-0.3, -0.25) is 9.05 Å². The van der Waals surface area contributed by atoms with Gasteiger partial charge >= 0.3 is 7.82 Å². The maximum atomic E-state index is 11.6. The van der Waals surface area contributed by atoms with Crippen LogP contribution in [0.4, 0.5) is 0 Å². The molecule has 0 bridgehead atoms. The first-order valence-electron chi connectivity index (χ1n) is 4.22. The topological polar surface area (TPSA) is 44.8 Å². The molecule has 0 spiro atoms. The summed E-state index contributed by atoms with van der Waals surface area (Å²) in [5, 5.41) is 0. The fourth-order valence-electron chi connectivity index (χ4n) is 1.30. The highest BCUT2D eigenvalue weighted by molar-refractivity contribution is 7.48. The molecule has 0 amide bonds. The smallest absolute Gasteiger partial charge is 0.404 e. The van der Waals surface area contributed by atoms with Gasteiger partial charge in [0.15, 0.2) is 0 Å². The number of hydrogen-bond acceptors (Lipinski definition) is 4. The third kappa shape index (κ3) is 1.69. The summed E-state index contributed by atoms with van der Waals surface area (Å²) in [5.41, 5.74) is 2.01. The van der Waals surface area contributed by atoms with Crippen molar-refractivity contribution in [3.8, 4) is 5.75 Å². The first-order valence-corrected chi connectivity index (χ1v) is 5.68. The molecule has 1 unspecified atom stereocenters. The van der Waals surface area contributed by atoms with Crippen LogP contribution in [0.2, 0.25) is 0 Å². The Kier molecular flexibility index (Phi) is 2.35.